The standard InChI is InChI=1S/C9H20ClN3O2S/c1-11(2)16(14,15)13-6-3-5-12(7-4-10)8-9-13/h3-9H2,1-2H3. The van der Waals surface area contributed by atoms with Gasteiger partial charge in [0.25, 0.3) is 10.2 Å². The van der Waals surface area contributed by atoms with Gasteiger partial charge in [-0.05, 0) is 13.0 Å². The molecule has 0 N–H and O–H groups in total. The van der Waals surface area contributed by atoms with Crippen molar-refractivity contribution in [3.05, 3.63) is 0 Å². The van der Waals surface area contributed by atoms with Gasteiger partial charge in [-0.1, -0.05) is 0 Å². The van der Waals surface area contributed by atoms with E-state index in [0.29, 0.717) is 19.0 Å². The molecule has 0 aromatic rings. The fourth-order valence-electron chi connectivity index (χ4n) is 1.75. The molecule has 0 radical (unpaired) electrons. The molecule has 0 aromatic carbocycles. The molecule has 0 amide bonds. The van der Waals surface area contributed by atoms with Crippen molar-refractivity contribution in [3.63, 3.8) is 0 Å². The lowest BCUT2D eigenvalue weighted by molar-refractivity contribution is 0.301. The lowest BCUT2D eigenvalue weighted by Gasteiger charge is -2.24. The van der Waals surface area contributed by atoms with E-state index in [1.165, 1.54) is 4.31 Å². The Morgan fingerprint density at radius 1 is 1.19 bits per heavy atom. The second-order valence-corrected chi connectivity index (χ2v) is 6.59. The van der Waals surface area contributed by atoms with Crippen molar-refractivity contribution in [2.75, 3.05) is 52.7 Å². The summed E-state index contributed by atoms with van der Waals surface area (Å²) in [6, 6.07) is 0. The monoisotopic (exact) mass is 269 g/mol. The Morgan fingerprint density at radius 2 is 1.88 bits per heavy atom. The van der Waals surface area contributed by atoms with Crippen LogP contribution in [0.3, 0.4) is 0 Å². The van der Waals surface area contributed by atoms with Crippen molar-refractivity contribution in [2.24, 2.45) is 0 Å². The second-order valence-electron chi connectivity index (χ2n) is 4.07. The Morgan fingerprint density at radius 3 is 2.44 bits per heavy atom. The zero-order valence-electron chi connectivity index (χ0n) is 9.89. The third-order valence-electron chi connectivity index (χ3n) is 2.74. The second kappa shape index (κ2) is 6.16. The summed E-state index contributed by atoms with van der Waals surface area (Å²) in [5, 5.41) is 0. The van der Waals surface area contributed by atoms with Gasteiger partial charge in [0, 0.05) is 46.2 Å². The van der Waals surface area contributed by atoms with Crippen molar-refractivity contribution in [2.45, 2.75) is 6.42 Å². The van der Waals surface area contributed by atoms with Crippen LogP contribution in [-0.4, -0.2) is 74.6 Å². The van der Waals surface area contributed by atoms with Crippen LogP contribution in [0, 0.1) is 0 Å². The quantitative estimate of drug-likeness (QED) is 0.677. The van der Waals surface area contributed by atoms with E-state index in [9.17, 15) is 8.42 Å². The molecule has 1 saturated heterocycles. The molecular weight excluding hydrogens is 250 g/mol. The molecule has 7 heteroatoms. The minimum Gasteiger partial charge on any atom is -0.301 e. The third-order valence-corrected chi connectivity index (χ3v) is 4.85. The van der Waals surface area contributed by atoms with Crippen LogP contribution in [-0.2, 0) is 10.2 Å². The fourth-order valence-corrected chi connectivity index (χ4v) is 3.13. The van der Waals surface area contributed by atoms with E-state index in [4.69, 9.17) is 11.6 Å². The molecule has 1 fully saturated rings. The summed E-state index contributed by atoms with van der Waals surface area (Å²) in [7, 11) is -0.122. The highest BCUT2D eigenvalue weighted by molar-refractivity contribution is 7.86. The molecule has 0 saturated carbocycles. The van der Waals surface area contributed by atoms with Crippen LogP contribution >= 0.6 is 11.6 Å². The highest BCUT2D eigenvalue weighted by atomic mass is 35.5. The highest BCUT2D eigenvalue weighted by Gasteiger charge is 2.26. The Bertz CT molecular complexity index is 308. The summed E-state index contributed by atoms with van der Waals surface area (Å²) in [6.07, 6.45) is 0.865. The highest BCUT2D eigenvalue weighted by Crippen LogP contribution is 2.09. The van der Waals surface area contributed by atoms with Crippen LogP contribution in [0.15, 0.2) is 0 Å². The van der Waals surface area contributed by atoms with E-state index < -0.39 is 10.2 Å². The first kappa shape index (κ1) is 14.2. The maximum absolute atomic E-state index is 11.9. The summed E-state index contributed by atoms with van der Waals surface area (Å²) in [5.41, 5.74) is 0. The molecule has 0 aromatic heterocycles. The van der Waals surface area contributed by atoms with Gasteiger partial charge >= 0.3 is 0 Å². The van der Waals surface area contributed by atoms with Crippen molar-refractivity contribution >= 4 is 21.8 Å². The smallest absolute Gasteiger partial charge is 0.281 e. The van der Waals surface area contributed by atoms with Gasteiger partial charge in [0.1, 0.15) is 0 Å². The Hall–Kier alpha value is 0.120. The first-order valence-corrected chi connectivity index (χ1v) is 7.37. The number of nitrogens with zero attached hydrogens (tertiary/aromatic N) is 3. The van der Waals surface area contributed by atoms with E-state index in [1.54, 1.807) is 18.4 Å². The maximum Gasteiger partial charge on any atom is 0.281 e. The van der Waals surface area contributed by atoms with Gasteiger partial charge in [-0.3, -0.25) is 0 Å². The van der Waals surface area contributed by atoms with Crippen molar-refractivity contribution in [1.29, 1.82) is 0 Å². The molecule has 1 aliphatic heterocycles. The molecular formula is C9H20ClN3O2S. The largest absolute Gasteiger partial charge is 0.301 e. The summed E-state index contributed by atoms with van der Waals surface area (Å²) >= 11 is 5.68. The average molecular weight is 270 g/mol. The van der Waals surface area contributed by atoms with E-state index in [-0.39, 0.29) is 0 Å². The molecule has 16 heavy (non-hydrogen) atoms. The molecule has 0 atom stereocenters. The predicted molar refractivity (Wildman–Crippen MR) is 66.0 cm³/mol. The Balaban J connectivity index is 2.60. The molecule has 0 aliphatic carbocycles. The van der Waals surface area contributed by atoms with E-state index in [1.807, 2.05) is 0 Å². The van der Waals surface area contributed by atoms with Gasteiger partial charge < -0.3 is 4.90 Å². The van der Waals surface area contributed by atoms with Gasteiger partial charge in [0.05, 0.1) is 0 Å². The van der Waals surface area contributed by atoms with Gasteiger partial charge in [-0.2, -0.15) is 17.0 Å². The SMILES string of the molecule is CN(C)S(=O)(=O)N1CCCN(CCCl)CC1. The normalized spacial score (nSPS) is 21.2. The van der Waals surface area contributed by atoms with Crippen LogP contribution in [0.1, 0.15) is 6.42 Å². The van der Waals surface area contributed by atoms with Crippen LogP contribution < -0.4 is 0 Å². The lowest BCUT2D eigenvalue weighted by Crippen LogP contribution is -2.42. The zero-order chi connectivity index (χ0) is 12.2. The predicted octanol–water partition coefficient (Wildman–Crippen LogP) is 0.0393. The number of hydrogen-bond acceptors (Lipinski definition) is 3. The maximum atomic E-state index is 11.9. The summed E-state index contributed by atoms with van der Waals surface area (Å²) in [4.78, 5) is 2.21. The lowest BCUT2D eigenvalue weighted by atomic mass is 10.4. The zero-order valence-corrected chi connectivity index (χ0v) is 11.5. The van der Waals surface area contributed by atoms with Gasteiger partial charge in [-0.25, -0.2) is 0 Å². The first-order chi connectivity index (χ1) is 7.48. The van der Waals surface area contributed by atoms with Crippen LogP contribution in [0.2, 0.25) is 0 Å². The van der Waals surface area contributed by atoms with E-state index in [0.717, 1.165) is 26.1 Å². The van der Waals surface area contributed by atoms with Crippen LogP contribution in [0.5, 0.6) is 0 Å². The molecule has 0 unspecified atom stereocenters. The van der Waals surface area contributed by atoms with Crippen LogP contribution in [0.25, 0.3) is 0 Å². The van der Waals surface area contributed by atoms with Crippen molar-refractivity contribution in [3.8, 4) is 0 Å². The Kier molecular flexibility index (Phi) is 5.46. The van der Waals surface area contributed by atoms with Gasteiger partial charge in [0.15, 0.2) is 0 Å². The fraction of sp³-hybridized carbons (Fsp3) is 1.00. The van der Waals surface area contributed by atoms with Crippen molar-refractivity contribution in [1.82, 2.24) is 13.5 Å². The Labute approximate surface area is 103 Å². The van der Waals surface area contributed by atoms with Gasteiger partial charge in [-0.15, -0.1) is 11.6 Å². The van der Waals surface area contributed by atoms with E-state index in [2.05, 4.69) is 4.90 Å². The van der Waals surface area contributed by atoms with E-state index >= 15 is 0 Å². The minimum atomic E-state index is -3.25. The summed E-state index contributed by atoms with van der Waals surface area (Å²) < 4.78 is 26.6. The molecule has 0 bridgehead atoms. The topological polar surface area (TPSA) is 43.9 Å². The number of rotatable bonds is 4. The number of halogens is 1. The number of alkyl halides is 1. The molecule has 96 valence electrons. The molecule has 0 spiro atoms. The molecule has 1 rings (SSSR count). The summed E-state index contributed by atoms with van der Waals surface area (Å²) in [5.74, 6) is 0.598. The van der Waals surface area contributed by atoms with Crippen LogP contribution in [0.4, 0.5) is 0 Å². The third kappa shape index (κ3) is 3.56. The molecule has 1 aliphatic rings. The summed E-state index contributed by atoms with van der Waals surface area (Å²) in [6.45, 7) is 3.67. The molecule has 5 nitrogen and oxygen atoms in total. The molecule has 1 heterocycles. The first-order valence-electron chi connectivity index (χ1n) is 5.44. The van der Waals surface area contributed by atoms with Gasteiger partial charge in [0.2, 0.25) is 0 Å². The average Bonchev–Trinajstić information content (AvgIpc) is 2.44. The minimum absolute atomic E-state index is 0.553. The number of hydrogen-bond donors (Lipinski definition) is 0. The van der Waals surface area contributed by atoms with Crippen molar-refractivity contribution < 1.29 is 8.42 Å².